The highest BCUT2D eigenvalue weighted by atomic mass is 19.3. The molecule has 0 saturated carbocycles. The quantitative estimate of drug-likeness (QED) is 0.777. The molecule has 1 N–H and O–H groups in total. The van der Waals surface area contributed by atoms with E-state index in [0.29, 0.717) is 19.5 Å². The maximum Gasteiger partial charge on any atom is 0.380 e. The molecular weight excluding hydrogens is 244 g/mol. The van der Waals surface area contributed by atoms with E-state index in [1.807, 2.05) is 4.90 Å². The highest BCUT2D eigenvalue weighted by Gasteiger charge is 2.66. The number of hydrogen-bond acceptors (Lipinski definition) is 4. The van der Waals surface area contributed by atoms with Gasteiger partial charge in [0, 0.05) is 12.6 Å². The molecular formula is C12H19F2NO3. The second kappa shape index (κ2) is 4.74. The molecule has 2 aliphatic rings. The van der Waals surface area contributed by atoms with Crippen LogP contribution in [0.2, 0.25) is 0 Å². The molecule has 0 aromatic rings. The van der Waals surface area contributed by atoms with E-state index in [9.17, 15) is 18.7 Å². The fourth-order valence-electron chi connectivity index (χ4n) is 3.04. The minimum atomic E-state index is -3.83. The first kappa shape index (κ1) is 13.7. The van der Waals surface area contributed by atoms with Gasteiger partial charge in [-0.05, 0) is 32.7 Å². The molecule has 0 aromatic heterocycles. The maximum absolute atomic E-state index is 14.1. The average molecular weight is 263 g/mol. The van der Waals surface area contributed by atoms with Gasteiger partial charge in [-0.1, -0.05) is 6.42 Å². The van der Waals surface area contributed by atoms with Crippen LogP contribution >= 0.6 is 0 Å². The van der Waals surface area contributed by atoms with Crippen LogP contribution in [0.15, 0.2) is 0 Å². The standard InChI is InChI=1S/C12H19F2NO3/c1-2-18-10(16)12(13,14)11(17)6-8-15-7-4-3-5-9(11)15/h9,17H,2-8H2,1H3. The van der Waals surface area contributed by atoms with Gasteiger partial charge in [-0.15, -0.1) is 0 Å². The first-order chi connectivity index (χ1) is 8.43. The number of fused-ring (bicyclic) bond motifs is 1. The molecule has 0 radical (unpaired) electrons. The number of esters is 1. The monoisotopic (exact) mass is 263 g/mol. The van der Waals surface area contributed by atoms with Gasteiger partial charge in [-0.2, -0.15) is 8.78 Å². The number of carbonyl (C=O) groups is 1. The Labute approximate surface area is 105 Å². The molecule has 4 nitrogen and oxygen atoms in total. The van der Waals surface area contributed by atoms with E-state index in [4.69, 9.17) is 0 Å². The number of hydrogen-bond donors (Lipinski definition) is 1. The fourth-order valence-corrected chi connectivity index (χ4v) is 3.04. The van der Waals surface area contributed by atoms with Gasteiger partial charge in [0.25, 0.3) is 0 Å². The van der Waals surface area contributed by atoms with Crippen LogP contribution < -0.4 is 0 Å². The molecule has 2 aliphatic heterocycles. The summed E-state index contributed by atoms with van der Waals surface area (Å²) in [6.07, 6.45) is 2.19. The summed E-state index contributed by atoms with van der Waals surface area (Å²) < 4.78 is 32.6. The van der Waals surface area contributed by atoms with E-state index >= 15 is 0 Å². The van der Waals surface area contributed by atoms with Crippen molar-refractivity contribution in [3.8, 4) is 0 Å². The molecule has 104 valence electrons. The Morgan fingerprint density at radius 2 is 2.22 bits per heavy atom. The summed E-state index contributed by atoms with van der Waals surface area (Å²) in [5, 5.41) is 10.3. The van der Waals surface area contributed by atoms with E-state index in [1.165, 1.54) is 6.92 Å². The third kappa shape index (κ3) is 1.91. The van der Waals surface area contributed by atoms with E-state index < -0.39 is 23.5 Å². The Bertz CT molecular complexity index is 337. The number of carbonyl (C=O) groups excluding carboxylic acids is 1. The summed E-state index contributed by atoms with van der Waals surface area (Å²) >= 11 is 0. The van der Waals surface area contributed by atoms with Crippen LogP contribution in [-0.2, 0) is 9.53 Å². The normalized spacial score (nSPS) is 33.2. The summed E-state index contributed by atoms with van der Waals surface area (Å²) in [5.74, 6) is -5.44. The third-order valence-corrected chi connectivity index (χ3v) is 4.02. The summed E-state index contributed by atoms with van der Waals surface area (Å²) in [5.41, 5.74) is -2.28. The molecule has 2 heterocycles. The maximum atomic E-state index is 14.1. The first-order valence-electron chi connectivity index (χ1n) is 6.45. The van der Waals surface area contributed by atoms with Crippen molar-refractivity contribution in [2.24, 2.45) is 0 Å². The average Bonchev–Trinajstić information content (AvgIpc) is 2.70. The van der Waals surface area contributed by atoms with Gasteiger partial charge in [0.15, 0.2) is 5.60 Å². The Morgan fingerprint density at radius 1 is 1.50 bits per heavy atom. The zero-order valence-corrected chi connectivity index (χ0v) is 10.5. The van der Waals surface area contributed by atoms with Crippen LogP contribution in [0.3, 0.4) is 0 Å². The lowest BCUT2D eigenvalue weighted by atomic mass is 9.83. The van der Waals surface area contributed by atoms with Crippen molar-refractivity contribution in [1.29, 1.82) is 0 Å². The van der Waals surface area contributed by atoms with Gasteiger partial charge >= 0.3 is 11.9 Å². The van der Waals surface area contributed by atoms with Crippen LogP contribution in [0.5, 0.6) is 0 Å². The van der Waals surface area contributed by atoms with Crippen molar-refractivity contribution in [3.63, 3.8) is 0 Å². The molecule has 0 spiro atoms. The van der Waals surface area contributed by atoms with Gasteiger partial charge in [0.2, 0.25) is 0 Å². The van der Waals surface area contributed by atoms with Crippen molar-refractivity contribution in [3.05, 3.63) is 0 Å². The zero-order valence-electron chi connectivity index (χ0n) is 10.5. The minimum Gasteiger partial charge on any atom is -0.461 e. The first-order valence-corrected chi connectivity index (χ1v) is 6.45. The van der Waals surface area contributed by atoms with Gasteiger partial charge in [-0.3, -0.25) is 4.90 Å². The number of nitrogens with zero attached hydrogens (tertiary/aromatic N) is 1. The Hall–Kier alpha value is -0.750. The van der Waals surface area contributed by atoms with E-state index in [2.05, 4.69) is 4.74 Å². The van der Waals surface area contributed by atoms with Crippen LogP contribution in [-0.4, -0.2) is 53.2 Å². The summed E-state index contributed by atoms with van der Waals surface area (Å²) in [4.78, 5) is 13.2. The van der Waals surface area contributed by atoms with Crippen LogP contribution in [0.1, 0.15) is 32.6 Å². The summed E-state index contributed by atoms with van der Waals surface area (Å²) in [6.45, 7) is 2.49. The second-order valence-corrected chi connectivity index (χ2v) is 5.02. The lowest BCUT2D eigenvalue weighted by Crippen LogP contribution is -2.61. The molecule has 2 unspecified atom stereocenters. The predicted molar refractivity (Wildman–Crippen MR) is 60.4 cm³/mol. The van der Waals surface area contributed by atoms with Crippen molar-refractivity contribution in [2.75, 3.05) is 19.7 Å². The zero-order chi connectivity index (χ0) is 13.4. The lowest BCUT2D eigenvalue weighted by molar-refractivity contribution is -0.220. The van der Waals surface area contributed by atoms with E-state index in [-0.39, 0.29) is 13.0 Å². The van der Waals surface area contributed by atoms with E-state index in [0.717, 1.165) is 12.8 Å². The highest BCUT2D eigenvalue weighted by Crippen LogP contribution is 2.45. The van der Waals surface area contributed by atoms with Gasteiger partial charge in [-0.25, -0.2) is 4.79 Å². The van der Waals surface area contributed by atoms with Gasteiger partial charge in [0.1, 0.15) is 0 Å². The SMILES string of the molecule is CCOC(=O)C(F)(F)C1(O)CCN2CCCCC21. The molecule has 18 heavy (non-hydrogen) atoms. The molecule has 6 heteroatoms. The Kier molecular flexibility index (Phi) is 3.60. The molecule has 2 rings (SSSR count). The van der Waals surface area contributed by atoms with Crippen molar-refractivity contribution in [2.45, 2.75) is 50.2 Å². The Balaban J connectivity index is 2.22. The number of rotatable bonds is 3. The van der Waals surface area contributed by atoms with Crippen LogP contribution in [0, 0.1) is 0 Å². The molecule has 0 bridgehead atoms. The van der Waals surface area contributed by atoms with E-state index in [1.54, 1.807) is 0 Å². The molecule has 0 amide bonds. The Morgan fingerprint density at radius 3 is 2.89 bits per heavy atom. The van der Waals surface area contributed by atoms with Crippen LogP contribution in [0.25, 0.3) is 0 Å². The highest BCUT2D eigenvalue weighted by molar-refractivity contribution is 5.79. The molecule has 0 aromatic carbocycles. The number of alkyl halides is 2. The van der Waals surface area contributed by atoms with Crippen molar-refractivity contribution in [1.82, 2.24) is 4.90 Å². The smallest absolute Gasteiger partial charge is 0.380 e. The third-order valence-electron chi connectivity index (χ3n) is 4.02. The molecule has 0 aliphatic carbocycles. The molecule has 2 fully saturated rings. The number of ether oxygens (including phenoxy) is 1. The van der Waals surface area contributed by atoms with Crippen molar-refractivity contribution >= 4 is 5.97 Å². The number of halogens is 2. The minimum absolute atomic E-state index is 0.0799. The van der Waals surface area contributed by atoms with Gasteiger partial charge < -0.3 is 9.84 Å². The largest absolute Gasteiger partial charge is 0.461 e. The number of piperidine rings is 1. The summed E-state index contributed by atoms with van der Waals surface area (Å²) in [7, 11) is 0. The fraction of sp³-hybridized carbons (Fsp3) is 0.917. The summed E-state index contributed by atoms with van der Waals surface area (Å²) in [6, 6.07) is -0.634. The van der Waals surface area contributed by atoms with Crippen LogP contribution in [0.4, 0.5) is 8.78 Å². The topological polar surface area (TPSA) is 49.8 Å². The molecule has 2 atom stereocenters. The lowest BCUT2D eigenvalue weighted by Gasteiger charge is -2.40. The van der Waals surface area contributed by atoms with Gasteiger partial charge in [0.05, 0.1) is 6.61 Å². The van der Waals surface area contributed by atoms with Crippen molar-refractivity contribution < 1.29 is 23.4 Å². The predicted octanol–water partition coefficient (Wildman–Crippen LogP) is 1.17. The second-order valence-electron chi connectivity index (χ2n) is 5.02. The number of aliphatic hydroxyl groups is 1. The molecule has 2 saturated heterocycles.